The Balaban J connectivity index is 0.00000324. The van der Waals surface area contributed by atoms with Crippen molar-refractivity contribution in [3.05, 3.63) is 16.1 Å². The van der Waals surface area contributed by atoms with Crippen LogP contribution < -0.4 is 5.73 Å². The average Bonchev–Trinajstić information content (AvgIpc) is 2.62. The van der Waals surface area contributed by atoms with E-state index in [0.29, 0.717) is 0 Å². The predicted molar refractivity (Wildman–Crippen MR) is 69.1 cm³/mol. The molecule has 19 heavy (non-hydrogen) atoms. The highest BCUT2D eigenvalue weighted by atomic mass is 35.5. The molecule has 1 aromatic heterocycles. The molecule has 0 saturated carbocycles. The van der Waals surface area contributed by atoms with Crippen LogP contribution in [0, 0.1) is 0 Å². The fourth-order valence-electron chi connectivity index (χ4n) is 1.28. The van der Waals surface area contributed by atoms with Gasteiger partial charge >= 0.3 is 6.18 Å². The largest absolute Gasteiger partial charge is 0.434 e. The Labute approximate surface area is 119 Å². The van der Waals surface area contributed by atoms with Crippen LogP contribution in [0.15, 0.2) is 5.38 Å². The summed E-state index contributed by atoms with van der Waals surface area (Å²) < 4.78 is 37.0. The summed E-state index contributed by atoms with van der Waals surface area (Å²) in [5, 5.41) is 1.16. The van der Waals surface area contributed by atoms with Crippen molar-refractivity contribution in [3.63, 3.8) is 0 Å². The standard InChI is InChI=1S/C10H14F3N3OS.ClH/c1-9(2,14)8(17)16(3)4-7-15-6(5-18-7)10(11,12)13;/h5H,4,14H2,1-3H3;1H. The van der Waals surface area contributed by atoms with E-state index in [0.717, 1.165) is 16.7 Å². The zero-order valence-electron chi connectivity index (χ0n) is 10.6. The second-order valence-electron chi connectivity index (χ2n) is 4.51. The summed E-state index contributed by atoms with van der Waals surface area (Å²) in [5.74, 6) is -0.355. The maximum absolute atomic E-state index is 12.3. The molecule has 2 N–H and O–H groups in total. The van der Waals surface area contributed by atoms with Gasteiger partial charge in [-0.1, -0.05) is 0 Å². The average molecular weight is 318 g/mol. The Hall–Kier alpha value is -0.860. The Bertz CT molecular complexity index is 442. The molecular weight excluding hydrogens is 303 g/mol. The summed E-state index contributed by atoms with van der Waals surface area (Å²) in [6.07, 6.45) is -4.45. The molecule has 0 fully saturated rings. The molecule has 9 heteroatoms. The zero-order chi connectivity index (χ0) is 14.1. The second kappa shape index (κ2) is 6.06. The molecule has 1 heterocycles. The van der Waals surface area contributed by atoms with Crippen LogP contribution in [0.25, 0.3) is 0 Å². The molecule has 0 aliphatic heterocycles. The highest BCUT2D eigenvalue weighted by Crippen LogP contribution is 2.30. The van der Waals surface area contributed by atoms with Crippen molar-refractivity contribution in [2.24, 2.45) is 5.73 Å². The molecule has 0 unspecified atom stereocenters. The van der Waals surface area contributed by atoms with Crippen LogP contribution in [0.4, 0.5) is 13.2 Å². The third-order valence-corrected chi connectivity index (χ3v) is 2.95. The summed E-state index contributed by atoms with van der Waals surface area (Å²) >= 11 is 0.867. The molecule has 1 rings (SSSR count). The lowest BCUT2D eigenvalue weighted by molar-refractivity contribution is -0.140. The SMILES string of the molecule is CN(Cc1nc(C(F)(F)F)cs1)C(=O)C(C)(C)N.Cl. The molecule has 0 aliphatic rings. The number of nitrogens with zero attached hydrogens (tertiary/aromatic N) is 2. The number of rotatable bonds is 3. The number of carbonyl (C=O) groups is 1. The Morgan fingerprint density at radius 3 is 2.37 bits per heavy atom. The normalized spacial score (nSPS) is 11.9. The van der Waals surface area contributed by atoms with Crippen LogP contribution in [-0.4, -0.2) is 28.4 Å². The van der Waals surface area contributed by atoms with Crippen molar-refractivity contribution < 1.29 is 18.0 Å². The van der Waals surface area contributed by atoms with Crippen molar-refractivity contribution in [3.8, 4) is 0 Å². The first kappa shape index (κ1) is 18.1. The fraction of sp³-hybridized carbons (Fsp3) is 0.600. The molecule has 4 nitrogen and oxygen atoms in total. The Morgan fingerprint density at radius 2 is 2.00 bits per heavy atom. The first-order chi connectivity index (χ1) is 8.01. The second-order valence-corrected chi connectivity index (χ2v) is 5.45. The molecule has 0 saturated heterocycles. The number of halogens is 4. The molecule has 1 aromatic rings. The van der Waals surface area contributed by atoms with E-state index in [9.17, 15) is 18.0 Å². The van der Waals surface area contributed by atoms with Gasteiger partial charge in [0, 0.05) is 12.4 Å². The smallest absolute Gasteiger partial charge is 0.337 e. The number of carbonyl (C=O) groups excluding carboxylic acids is 1. The predicted octanol–water partition coefficient (Wildman–Crippen LogP) is 2.28. The fourth-order valence-corrected chi connectivity index (χ4v) is 2.13. The van der Waals surface area contributed by atoms with Gasteiger partial charge in [0.15, 0.2) is 5.69 Å². The van der Waals surface area contributed by atoms with Gasteiger partial charge < -0.3 is 10.6 Å². The van der Waals surface area contributed by atoms with Gasteiger partial charge in [-0.25, -0.2) is 4.98 Å². The van der Waals surface area contributed by atoms with E-state index in [-0.39, 0.29) is 29.9 Å². The summed E-state index contributed by atoms with van der Waals surface area (Å²) in [6, 6.07) is 0. The summed E-state index contributed by atoms with van der Waals surface area (Å²) in [4.78, 5) is 16.4. The van der Waals surface area contributed by atoms with Gasteiger partial charge in [0.1, 0.15) is 5.01 Å². The van der Waals surface area contributed by atoms with Gasteiger partial charge in [-0.2, -0.15) is 13.2 Å². The van der Waals surface area contributed by atoms with E-state index < -0.39 is 17.4 Å². The van der Waals surface area contributed by atoms with Crippen LogP contribution in [0.3, 0.4) is 0 Å². The summed E-state index contributed by atoms with van der Waals surface area (Å²) in [6.45, 7) is 3.09. The van der Waals surface area contributed by atoms with E-state index in [1.165, 1.54) is 25.8 Å². The van der Waals surface area contributed by atoms with Gasteiger partial charge in [0.05, 0.1) is 12.1 Å². The molecule has 0 atom stereocenters. The monoisotopic (exact) mass is 317 g/mol. The Kier molecular flexibility index (Phi) is 5.79. The minimum Gasteiger partial charge on any atom is -0.337 e. The molecular formula is C10H15ClF3N3OS. The number of amides is 1. The first-order valence-corrected chi connectivity index (χ1v) is 5.96. The van der Waals surface area contributed by atoms with Crippen LogP contribution in [0.2, 0.25) is 0 Å². The number of nitrogens with two attached hydrogens (primary N) is 1. The van der Waals surface area contributed by atoms with Gasteiger partial charge in [-0.3, -0.25) is 4.79 Å². The summed E-state index contributed by atoms with van der Waals surface area (Å²) in [7, 11) is 1.48. The molecule has 0 spiro atoms. The maximum Gasteiger partial charge on any atom is 0.434 e. The molecule has 0 bridgehead atoms. The van der Waals surface area contributed by atoms with E-state index in [1.807, 2.05) is 0 Å². The molecule has 110 valence electrons. The number of likely N-dealkylation sites (N-methyl/N-ethyl adjacent to an activating group) is 1. The van der Waals surface area contributed by atoms with Crippen molar-refractivity contribution >= 4 is 29.7 Å². The molecule has 0 aromatic carbocycles. The van der Waals surface area contributed by atoms with E-state index in [1.54, 1.807) is 0 Å². The number of hydrogen-bond acceptors (Lipinski definition) is 4. The third-order valence-electron chi connectivity index (χ3n) is 2.11. The zero-order valence-corrected chi connectivity index (χ0v) is 12.2. The number of aromatic nitrogens is 1. The lowest BCUT2D eigenvalue weighted by Gasteiger charge is -2.25. The third kappa shape index (κ3) is 4.96. The van der Waals surface area contributed by atoms with Crippen molar-refractivity contribution in [1.29, 1.82) is 0 Å². The van der Waals surface area contributed by atoms with Gasteiger partial charge in [0.2, 0.25) is 5.91 Å². The number of hydrogen-bond donors (Lipinski definition) is 1. The lowest BCUT2D eigenvalue weighted by atomic mass is 10.1. The van der Waals surface area contributed by atoms with Crippen molar-refractivity contribution in [2.75, 3.05) is 7.05 Å². The molecule has 1 amide bonds. The minimum absolute atomic E-state index is 0. The first-order valence-electron chi connectivity index (χ1n) is 5.08. The topological polar surface area (TPSA) is 59.2 Å². The highest BCUT2D eigenvalue weighted by molar-refractivity contribution is 7.09. The van der Waals surface area contributed by atoms with Crippen LogP contribution >= 0.6 is 23.7 Å². The van der Waals surface area contributed by atoms with E-state index >= 15 is 0 Å². The Morgan fingerprint density at radius 1 is 1.47 bits per heavy atom. The van der Waals surface area contributed by atoms with Gasteiger partial charge in [-0.05, 0) is 13.8 Å². The van der Waals surface area contributed by atoms with Crippen molar-refractivity contribution in [1.82, 2.24) is 9.88 Å². The molecule has 0 aliphatic carbocycles. The maximum atomic E-state index is 12.3. The van der Waals surface area contributed by atoms with Gasteiger partial charge in [0.25, 0.3) is 0 Å². The van der Waals surface area contributed by atoms with E-state index in [4.69, 9.17) is 5.73 Å². The molecule has 0 radical (unpaired) electrons. The van der Waals surface area contributed by atoms with Crippen LogP contribution in [0.5, 0.6) is 0 Å². The van der Waals surface area contributed by atoms with Crippen molar-refractivity contribution in [2.45, 2.75) is 32.1 Å². The minimum atomic E-state index is -4.45. The van der Waals surface area contributed by atoms with Crippen LogP contribution in [-0.2, 0) is 17.5 Å². The lowest BCUT2D eigenvalue weighted by Crippen LogP contribution is -2.49. The van der Waals surface area contributed by atoms with Gasteiger partial charge in [-0.15, -0.1) is 23.7 Å². The quantitative estimate of drug-likeness (QED) is 0.930. The highest BCUT2D eigenvalue weighted by Gasteiger charge is 2.34. The summed E-state index contributed by atoms with van der Waals surface area (Å²) in [5.41, 5.74) is 3.63. The van der Waals surface area contributed by atoms with E-state index in [2.05, 4.69) is 4.98 Å². The number of alkyl halides is 3. The van der Waals surface area contributed by atoms with Crippen LogP contribution in [0.1, 0.15) is 24.5 Å². The number of thiazole rings is 1.